The summed E-state index contributed by atoms with van der Waals surface area (Å²) in [7, 11) is 0. The molecule has 2 aromatic rings. The topological polar surface area (TPSA) is 45.7 Å². The standard InChI is InChI=1S/C19H20FN3O2/c1-2-13-25-19(24)15-7-8-18(21-14-15)23-11-9-22(10-12-23)17-6-4-3-5-16(17)20/h2-8,14H,1,9-13H2. The smallest absolute Gasteiger partial charge is 0.340 e. The van der Waals surface area contributed by atoms with Gasteiger partial charge in [-0.25, -0.2) is 14.2 Å². The fourth-order valence-corrected chi connectivity index (χ4v) is 2.80. The molecule has 1 aliphatic rings. The average Bonchev–Trinajstić information content (AvgIpc) is 2.67. The molecule has 0 spiro atoms. The Bertz CT molecular complexity index is 741. The molecule has 25 heavy (non-hydrogen) atoms. The van der Waals surface area contributed by atoms with Crippen LogP contribution in [0.4, 0.5) is 15.9 Å². The van der Waals surface area contributed by atoms with Gasteiger partial charge in [-0.05, 0) is 24.3 Å². The number of nitrogens with zero attached hydrogens (tertiary/aromatic N) is 3. The third kappa shape index (κ3) is 3.96. The van der Waals surface area contributed by atoms with E-state index >= 15 is 0 Å². The van der Waals surface area contributed by atoms with Gasteiger partial charge >= 0.3 is 5.97 Å². The minimum atomic E-state index is -0.414. The summed E-state index contributed by atoms with van der Waals surface area (Å²) in [4.78, 5) is 20.3. The maximum Gasteiger partial charge on any atom is 0.340 e. The van der Waals surface area contributed by atoms with Gasteiger partial charge in [0.15, 0.2) is 0 Å². The number of hydrogen-bond acceptors (Lipinski definition) is 5. The Morgan fingerprint density at radius 2 is 1.88 bits per heavy atom. The molecule has 0 amide bonds. The number of aromatic nitrogens is 1. The molecule has 0 aliphatic carbocycles. The summed E-state index contributed by atoms with van der Waals surface area (Å²) in [6.07, 6.45) is 3.04. The van der Waals surface area contributed by atoms with Gasteiger partial charge in [-0.15, -0.1) is 0 Å². The second-order valence-electron chi connectivity index (χ2n) is 5.72. The van der Waals surface area contributed by atoms with Gasteiger partial charge in [-0.2, -0.15) is 0 Å². The van der Waals surface area contributed by atoms with Crippen LogP contribution in [0.1, 0.15) is 10.4 Å². The number of benzene rings is 1. The molecule has 130 valence electrons. The third-order valence-electron chi connectivity index (χ3n) is 4.11. The molecule has 0 radical (unpaired) electrons. The first-order valence-electron chi connectivity index (χ1n) is 8.17. The summed E-state index contributed by atoms with van der Waals surface area (Å²) in [6.45, 7) is 6.59. The van der Waals surface area contributed by atoms with Gasteiger partial charge in [0.25, 0.3) is 0 Å². The van der Waals surface area contributed by atoms with Crippen molar-refractivity contribution in [2.75, 3.05) is 42.6 Å². The van der Waals surface area contributed by atoms with Crippen LogP contribution in [0.3, 0.4) is 0 Å². The Balaban J connectivity index is 1.60. The summed E-state index contributed by atoms with van der Waals surface area (Å²) >= 11 is 0. The van der Waals surface area contributed by atoms with Crippen LogP contribution in [0.2, 0.25) is 0 Å². The quantitative estimate of drug-likeness (QED) is 0.618. The van der Waals surface area contributed by atoms with E-state index in [2.05, 4.69) is 16.5 Å². The zero-order valence-electron chi connectivity index (χ0n) is 13.9. The normalized spacial score (nSPS) is 14.3. The second-order valence-corrected chi connectivity index (χ2v) is 5.72. The van der Waals surface area contributed by atoms with E-state index < -0.39 is 5.97 Å². The second kappa shape index (κ2) is 7.79. The van der Waals surface area contributed by atoms with Gasteiger partial charge in [0.1, 0.15) is 18.2 Å². The molecule has 3 rings (SSSR count). The predicted molar refractivity (Wildman–Crippen MR) is 95.5 cm³/mol. The summed E-state index contributed by atoms with van der Waals surface area (Å²) < 4.78 is 18.9. The monoisotopic (exact) mass is 341 g/mol. The maximum atomic E-state index is 13.9. The van der Waals surface area contributed by atoms with Gasteiger partial charge in [0.05, 0.1) is 11.3 Å². The molecule has 1 saturated heterocycles. The lowest BCUT2D eigenvalue weighted by molar-refractivity contribution is 0.0549. The number of piperazine rings is 1. The number of hydrogen-bond donors (Lipinski definition) is 0. The average molecular weight is 341 g/mol. The Morgan fingerprint density at radius 1 is 1.16 bits per heavy atom. The number of rotatable bonds is 5. The molecule has 1 aromatic heterocycles. The van der Waals surface area contributed by atoms with Crippen LogP contribution in [0.5, 0.6) is 0 Å². The molecular weight excluding hydrogens is 321 g/mol. The molecule has 0 N–H and O–H groups in total. The van der Waals surface area contributed by atoms with Crippen molar-refractivity contribution in [3.05, 3.63) is 66.6 Å². The molecular formula is C19H20FN3O2. The molecule has 1 aliphatic heterocycles. The fraction of sp³-hybridized carbons (Fsp3) is 0.263. The van der Waals surface area contributed by atoms with Crippen LogP contribution < -0.4 is 9.80 Å². The highest BCUT2D eigenvalue weighted by Gasteiger charge is 2.20. The highest BCUT2D eigenvalue weighted by molar-refractivity contribution is 5.89. The van der Waals surface area contributed by atoms with Gasteiger partial charge < -0.3 is 14.5 Å². The highest BCUT2D eigenvalue weighted by Crippen LogP contribution is 2.22. The lowest BCUT2D eigenvalue weighted by atomic mass is 10.2. The van der Waals surface area contributed by atoms with Gasteiger partial charge in [0, 0.05) is 32.4 Å². The lowest BCUT2D eigenvalue weighted by Gasteiger charge is -2.36. The van der Waals surface area contributed by atoms with Crippen LogP contribution >= 0.6 is 0 Å². The van der Waals surface area contributed by atoms with Crippen LogP contribution in [-0.4, -0.2) is 43.7 Å². The van der Waals surface area contributed by atoms with E-state index in [-0.39, 0.29) is 12.4 Å². The van der Waals surface area contributed by atoms with Crippen LogP contribution in [-0.2, 0) is 4.74 Å². The first-order valence-corrected chi connectivity index (χ1v) is 8.17. The molecule has 5 nitrogen and oxygen atoms in total. The van der Waals surface area contributed by atoms with Gasteiger partial charge in [0.2, 0.25) is 0 Å². The minimum Gasteiger partial charge on any atom is -0.458 e. The number of halogens is 1. The van der Waals surface area contributed by atoms with Crippen LogP contribution in [0.25, 0.3) is 0 Å². The van der Waals surface area contributed by atoms with E-state index in [0.717, 1.165) is 18.9 Å². The van der Waals surface area contributed by atoms with Crippen molar-refractivity contribution in [2.45, 2.75) is 0 Å². The van der Waals surface area contributed by atoms with Crippen molar-refractivity contribution in [1.82, 2.24) is 4.98 Å². The Morgan fingerprint density at radius 3 is 2.52 bits per heavy atom. The maximum absolute atomic E-state index is 13.9. The molecule has 0 unspecified atom stereocenters. The zero-order valence-corrected chi connectivity index (χ0v) is 13.9. The van der Waals surface area contributed by atoms with Crippen molar-refractivity contribution < 1.29 is 13.9 Å². The van der Waals surface area contributed by atoms with Gasteiger partial charge in [-0.1, -0.05) is 24.8 Å². The van der Waals surface area contributed by atoms with E-state index in [1.54, 1.807) is 18.2 Å². The van der Waals surface area contributed by atoms with E-state index in [1.165, 1.54) is 18.3 Å². The van der Waals surface area contributed by atoms with E-state index in [9.17, 15) is 9.18 Å². The summed E-state index contributed by atoms with van der Waals surface area (Å²) in [5.41, 5.74) is 1.05. The number of anilines is 2. The summed E-state index contributed by atoms with van der Waals surface area (Å²) in [5, 5.41) is 0. The fourth-order valence-electron chi connectivity index (χ4n) is 2.80. The van der Waals surface area contributed by atoms with Crippen LogP contribution in [0.15, 0.2) is 55.3 Å². The lowest BCUT2D eigenvalue weighted by Crippen LogP contribution is -2.47. The number of esters is 1. The van der Waals surface area contributed by atoms with E-state index in [0.29, 0.717) is 24.3 Å². The molecule has 0 bridgehead atoms. The molecule has 0 atom stereocenters. The van der Waals surface area contributed by atoms with E-state index in [1.807, 2.05) is 17.0 Å². The Kier molecular flexibility index (Phi) is 5.28. The Labute approximate surface area is 146 Å². The van der Waals surface area contributed by atoms with Crippen molar-refractivity contribution >= 4 is 17.5 Å². The van der Waals surface area contributed by atoms with Gasteiger partial charge in [-0.3, -0.25) is 0 Å². The minimum absolute atomic E-state index is 0.179. The van der Waals surface area contributed by atoms with Crippen molar-refractivity contribution in [2.24, 2.45) is 0 Å². The number of carbonyl (C=O) groups is 1. The van der Waals surface area contributed by atoms with Crippen LogP contribution in [0, 0.1) is 5.82 Å². The zero-order chi connectivity index (χ0) is 17.6. The SMILES string of the molecule is C=CCOC(=O)c1ccc(N2CCN(c3ccccc3F)CC2)nc1. The molecule has 0 saturated carbocycles. The molecule has 2 heterocycles. The number of carbonyl (C=O) groups excluding carboxylic acids is 1. The highest BCUT2D eigenvalue weighted by atomic mass is 19.1. The van der Waals surface area contributed by atoms with Crippen molar-refractivity contribution in [3.63, 3.8) is 0 Å². The molecule has 1 aromatic carbocycles. The first-order chi connectivity index (χ1) is 12.2. The Hall–Kier alpha value is -2.89. The summed E-state index contributed by atoms with van der Waals surface area (Å²) in [5.74, 6) is 0.188. The van der Waals surface area contributed by atoms with Crippen molar-refractivity contribution in [3.8, 4) is 0 Å². The van der Waals surface area contributed by atoms with E-state index in [4.69, 9.17) is 4.74 Å². The van der Waals surface area contributed by atoms with Crippen molar-refractivity contribution in [1.29, 1.82) is 0 Å². The molecule has 6 heteroatoms. The number of pyridine rings is 1. The third-order valence-corrected chi connectivity index (χ3v) is 4.11. The number of para-hydroxylation sites is 1. The predicted octanol–water partition coefficient (Wildman–Crippen LogP) is 2.89. The molecule has 1 fully saturated rings. The first kappa shape index (κ1) is 17.0. The number of ether oxygens (including phenoxy) is 1. The largest absolute Gasteiger partial charge is 0.458 e. The summed E-state index contributed by atoms with van der Waals surface area (Å²) in [6, 6.07) is 10.3.